The lowest BCUT2D eigenvalue weighted by Gasteiger charge is -2.13. The SMILES string of the molecule is CCCc1cc(C(=O)O)nn1-c1ccc(N(C)C)cc1. The molecule has 1 heterocycles. The molecule has 2 aromatic rings. The molecule has 0 aliphatic rings. The van der Waals surface area contributed by atoms with Crippen LogP contribution in [0.15, 0.2) is 30.3 Å². The zero-order chi connectivity index (χ0) is 14.7. The molecule has 1 aromatic carbocycles. The van der Waals surface area contributed by atoms with Gasteiger partial charge in [-0.05, 0) is 36.8 Å². The first kappa shape index (κ1) is 14.1. The molecule has 2 rings (SSSR count). The standard InChI is InChI=1S/C15H19N3O2/c1-4-5-13-10-14(15(19)20)16-18(13)12-8-6-11(7-9-12)17(2)3/h6-10H,4-5H2,1-3H3,(H,19,20). The van der Waals surface area contributed by atoms with E-state index in [0.29, 0.717) is 0 Å². The van der Waals surface area contributed by atoms with Crippen LogP contribution in [0.3, 0.4) is 0 Å². The Morgan fingerprint density at radius 2 is 1.95 bits per heavy atom. The Balaban J connectivity index is 2.42. The van der Waals surface area contributed by atoms with Crippen LogP contribution < -0.4 is 4.90 Å². The molecular weight excluding hydrogens is 254 g/mol. The third-order valence-corrected chi connectivity index (χ3v) is 3.12. The van der Waals surface area contributed by atoms with Gasteiger partial charge >= 0.3 is 5.97 Å². The van der Waals surface area contributed by atoms with Crippen molar-refractivity contribution in [1.29, 1.82) is 0 Å². The molecule has 0 spiro atoms. The molecule has 5 nitrogen and oxygen atoms in total. The van der Waals surface area contributed by atoms with Crippen LogP contribution in [0.2, 0.25) is 0 Å². The first-order valence-electron chi connectivity index (χ1n) is 6.63. The third-order valence-electron chi connectivity index (χ3n) is 3.12. The van der Waals surface area contributed by atoms with E-state index in [4.69, 9.17) is 5.11 Å². The van der Waals surface area contributed by atoms with Gasteiger partial charge < -0.3 is 10.0 Å². The van der Waals surface area contributed by atoms with E-state index in [2.05, 4.69) is 12.0 Å². The molecule has 0 saturated carbocycles. The van der Waals surface area contributed by atoms with Gasteiger partial charge in [-0.3, -0.25) is 0 Å². The highest BCUT2D eigenvalue weighted by Crippen LogP contribution is 2.18. The molecule has 1 aromatic heterocycles. The topological polar surface area (TPSA) is 58.4 Å². The van der Waals surface area contributed by atoms with Gasteiger partial charge in [0.1, 0.15) is 0 Å². The van der Waals surface area contributed by atoms with Gasteiger partial charge in [0.25, 0.3) is 0 Å². The van der Waals surface area contributed by atoms with E-state index in [0.717, 1.165) is 29.9 Å². The van der Waals surface area contributed by atoms with Crippen molar-refractivity contribution in [3.05, 3.63) is 41.7 Å². The number of hydrogen-bond acceptors (Lipinski definition) is 3. The molecule has 0 bridgehead atoms. The molecule has 1 N–H and O–H groups in total. The lowest BCUT2D eigenvalue weighted by Crippen LogP contribution is -2.09. The van der Waals surface area contributed by atoms with Crippen LogP contribution in [-0.2, 0) is 6.42 Å². The fraction of sp³-hybridized carbons (Fsp3) is 0.333. The summed E-state index contributed by atoms with van der Waals surface area (Å²) >= 11 is 0. The maximum Gasteiger partial charge on any atom is 0.356 e. The van der Waals surface area contributed by atoms with E-state index < -0.39 is 5.97 Å². The van der Waals surface area contributed by atoms with Crippen molar-refractivity contribution in [2.75, 3.05) is 19.0 Å². The van der Waals surface area contributed by atoms with E-state index in [1.165, 1.54) is 0 Å². The maximum absolute atomic E-state index is 11.1. The van der Waals surface area contributed by atoms with Gasteiger partial charge in [-0.15, -0.1) is 0 Å². The number of aromatic carboxylic acids is 1. The third kappa shape index (κ3) is 2.82. The molecule has 106 valence electrons. The van der Waals surface area contributed by atoms with Gasteiger partial charge in [-0.2, -0.15) is 5.10 Å². The second-order valence-electron chi connectivity index (χ2n) is 4.90. The number of carboxylic acids is 1. The first-order chi connectivity index (χ1) is 9.52. The Hall–Kier alpha value is -2.30. The van der Waals surface area contributed by atoms with Crippen LogP contribution in [0, 0.1) is 0 Å². The zero-order valence-corrected chi connectivity index (χ0v) is 12.0. The van der Waals surface area contributed by atoms with Crippen molar-refractivity contribution in [2.45, 2.75) is 19.8 Å². The van der Waals surface area contributed by atoms with Gasteiger partial charge in [-0.1, -0.05) is 13.3 Å². The summed E-state index contributed by atoms with van der Waals surface area (Å²) in [4.78, 5) is 13.1. The number of anilines is 1. The number of nitrogens with zero attached hydrogens (tertiary/aromatic N) is 3. The van der Waals surface area contributed by atoms with Crippen LogP contribution in [0.4, 0.5) is 5.69 Å². The van der Waals surface area contributed by atoms with Crippen LogP contribution in [-0.4, -0.2) is 35.0 Å². The van der Waals surface area contributed by atoms with E-state index in [1.54, 1.807) is 10.7 Å². The number of rotatable bonds is 5. The number of hydrogen-bond donors (Lipinski definition) is 1. The molecule has 0 radical (unpaired) electrons. The van der Waals surface area contributed by atoms with Crippen molar-refractivity contribution in [3.63, 3.8) is 0 Å². The van der Waals surface area contributed by atoms with Gasteiger partial charge in [0.15, 0.2) is 5.69 Å². The highest BCUT2D eigenvalue weighted by Gasteiger charge is 2.13. The normalized spacial score (nSPS) is 10.6. The number of carbonyl (C=O) groups is 1. The molecule has 20 heavy (non-hydrogen) atoms. The summed E-state index contributed by atoms with van der Waals surface area (Å²) in [6.07, 6.45) is 1.75. The molecule has 0 saturated heterocycles. The highest BCUT2D eigenvalue weighted by atomic mass is 16.4. The van der Waals surface area contributed by atoms with E-state index in [1.807, 2.05) is 43.3 Å². The minimum absolute atomic E-state index is 0.0881. The minimum atomic E-state index is -0.994. The molecule has 0 fully saturated rings. The number of aromatic nitrogens is 2. The summed E-state index contributed by atoms with van der Waals surface area (Å²) in [5.74, 6) is -0.994. The molecule has 0 amide bonds. The second kappa shape index (κ2) is 5.77. The molecule has 0 unspecified atom stereocenters. The zero-order valence-electron chi connectivity index (χ0n) is 12.0. The molecule has 0 aliphatic heterocycles. The van der Waals surface area contributed by atoms with Gasteiger partial charge in [0, 0.05) is 25.5 Å². The Morgan fingerprint density at radius 1 is 1.30 bits per heavy atom. The van der Waals surface area contributed by atoms with Crippen LogP contribution in [0.1, 0.15) is 29.5 Å². The summed E-state index contributed by atoms with van der Waals surface area (Å²) in [7, 11) is 3.96. The fourth-order valence-electron chi connectivity index (χ4n) is 2.07. The largest absolute Gasteiger partial charge is 0.476 e. The number of aryl methyl sites for hydroxylation is 1. The maximum atomic E-state index is 11.1. The Bertz CT molecular complexity index is 600. The van der Waals surface area contributed by atoms with Gasteiger partial charge in [0.05, 0.1) is 5.69 Å². The average Bonchev–Trinajstić information content (AvgIpc) is 2.83. The van der Waals surface area contributed by atoms with Crippen LogP contribution in [0.25, 0.3) is 5.69 Å². The van der Waals surface area contributed by atoms with E-state index in [-0.39, 0.29) is 5.69 Å². The van der Waals surface area contributed by atoms with Crippen molar-refractivity contribution in [2.24, 2.45) is 0 Å². The Morgan fingerprint density at radius 3 is 2.45 bits per heavy atom. The van der Waals surface area contributed by atoms with Crippen molar-refractivity contribution in [3.8, 4) is 5.69 Å². The minimum Gasteiger partial charge on any atom is -0.476 e. The predicted molar refractivity (Wildman–Crippen MR) is 78.8 cm³/mol. The Labute approximate surface area is 118 Å². The predicted octanol–water partition coefficient (Wildman–Crippen LogP) is 2.59. The lowest BCUT2D eigenvalue weighted by molar-refractivity contribution is 0.0690. The first-order valence-corrected chi connectivity index (χ1v) is 6.63. The van der Waals surface area contributed by atoms with Crippen LogP contribution >= 0.6 is 0 Å². The molecule has 5 heteroatoms. The monoisotopic (exact) mass is 273 g/mol. The molecular formula is C15H19N3O2. The highest BCUT2D eigenvalue weighted by molar-refractivity contribution is 5.85. The fourth-order valence-corrected chi connectivity index (χ4v) is 2.07. The summed E-state index contributed by atoms with van der Waals surface area (Å²) in [5, 5.41) is 13.2. The number of benzene rings is 1. The summed E-state index contributed by atoms with van der Waals surface area (Å²) in [5.41, 5.74) is 2.98. The summed E-state index contributed by atoms with van der Waals surface area (Å²) < 4.78 is 1.71. The van der Waals surface area contributed by atoms with Crippen molar-refractivity contribution in [1.82, 2.24) is 9.78 Å². The summed E-state index contributed by atoms with van der Waals surface area (Å²) in [6.45, 7) is 2.06. The summed E-state index contributed by atoms with van der Waals surface area (Å²) in [6, 6.07) is 9.53. The van der Waals surface area contributed by atoms with Gasteiger partial charge in [-0.25, -0.2) is 9.48 Å². The average molecular weight is 273 g/mol. The smallest absolute Gasteiger partial charge is 0.356 e. The lowest BCUT2D eigenvalue weighted by atomic mass is 10.2. The number of carboxylic acid groups (broad SMARTS) is 1. The van der Waals surface area contributed by atoms with Gasteiger partial charge in [0.2, 0.25) is 0 Å². The molecule has 0 atom stereocenters. The van der Waals surface area contributed by atoms with Crippen molar-refractivity contribution >= 4 is 11.7 Å². The quantitative estimate of drug-likeness (QED) is 0.909. The molecule has 0 aliphatic carbocycles. The van der Waals surface area contributed by atoms with Crippen molar-refractivity contribution < 1.29 is 9.90 Å². The van der Waals surface area contributed by atoms with E-state index in [9.17, 15) is 4.79 Å². The second-order valence-corrected chi connectivity index (χ2v) is 4.90. The van der Waals surface area contributed by atoms with Crippen LogP contribution in [0.5, 0.6) is 0 Å². The van der Waals surface area contributed by atoms with E-state index >= 15 is 0 Å². The Kier molecular flexibility index (Phi) is 4.08.